The molecule has 2 aromatic rings. The predicted molar refractivity (Wildman–Crippen MR) is 76.8 cm³/mol. The van der Waals surface area contributed by atoms with Gasteiger partial charge in [0.25, 0.3) is 0 Å². The van der Waals surface area contributed by atoms with Crippen LogP contribution in [0.1, 0.15) is 23.4 Å². The fraction of sp³-hybridized carbons (Fsp3) is 0.438. The van der Waals surface area contributed by atoms with Gasteiger partial charge in [-0.1, -0.05) is 12.1 Å². The zero-order valence-corrected chi connectivity index (χ0v) is 11.8. The molecule has 20 heavy (non-hydrogen) atoms. The van der Waals surface area contributed by atoms with E-state index in [9.17, 15) is 4.39 Å². The lowest BCUT2D eigenvalue weighted by Gasteiger charge is -2.14. The van der Waals surface area contributed by atoms with Crippen LogP contribution in [0.5, 0.6) is 0 Å². The highest BCUT2D eigenvalue weighted by Crippen LogP contribution is 2.22. The first-order valence-corrected chi connectivity index (χ1v) is 7.16. The molecular weight excluding hydrogens is 253 g/mol. The lowest BCUT2D eigenvalue weighted by atomic mass is 9.97. The van der Waals surface area contributed by atoms with Crippen molar-refractivity contribution in [3.05, 3.63) is 53.4 Å². The summed E-state index contributed by atoms with van der Waals surface area (Å²) in [6, 6.07) is 5.47. The van der Waals surface area contributed by atoms with E-state index in [-0.39, 0.29) is 5.82 Å². The van der Waals surface area contributed by atoms with Crippen molar-refractivity contribution in [3.63, 3.8) is 0 Å². The second-order valence-corrected chi connectivity index (χ2v) is 5.71. The third-order valence-electron chi connectivity index (χ3n) is 4.04. The molecular formula is C16H20FN3. The average molecular weight is 273 g/mol. The Kier molecular flexibility index (Phi) is 3.83. The van der Waals surface area contributed by atoms with Gasteiger partial charge in [0.15, 0.2) is 0 Å². The summed E-state index contributed by atoms with van der Waals surface area (Å²) in [5, 5.41) is 0. The molecule has 1 fully saturated rings. The number of aryl methyl sites for hydroxylation is 1. The van der Waals surface area contributed by atoms with Gasteiger partial charge in [0, 0.05) is 18.9 Å². The minimum absolute atomic E-state index is 0.111. The predicted octanol–water partition coefficient (Wildman–Crippen LogP) is 2.92. The van der Waals surface area contributed by atoms with Crippen molar-refractivity contribution in [3.8, 4) is 0 Å². The van der Waals surface area contributed by atoms with Gasteiger partial charge in [-0.15, -0.1) is 0 Å². The summed E-state index contributed by atoms with van der Waals surface area (Å²) in [5.41, 5.74) is 1.99. The normalized spacial score (nSPS) is 19.6. The van der Waals surface area contributed by atoms with E-state index in [0.717, 1.165) is 37.4 Å². The fourth-order valence-corrected chi connectivity index (χ4v) is 2.99. The summed E-state index contributed by atoms with van der Waals surface area (Å²) in [6.07, 6.45) is 5.90. The maximum absolute atomic E-state index is 13.3. The van der Waals surface area contributed by atoms with Crippen LogP contribution in [0.4, 0.5) is 4.39 Å². The summed E-state index contributed by atoms with van der Waals surface area (Å²) in [6.45, 7) is 4.94. The first-order chi connectivity index (χ1) is 9.70. The van der Waals surface area contributed by atoms with E-state index < -0.39 is 0 Å². The molecule has 1 unspecified atom stereocenters. The lowest BCUT2D eigenvalue weighted by Crippen LogP contribution is -2.21. The Morgan fingerprint density at radius 2 is 2.35 bits per heavy atom. The van der Waals surface area contributed by atoms with Crippen molar-refractivity contribution >= 4 is 0 Å². The summed E-state index contributed by atoms with van der Waals surface area (Å²) < 4.78 is 13.3. The molecule has 1 aliphatic rings. The third kappa shape index (κ3) is 3.07. The minimum Gasteiger partial charge on any atom is -0.348 e. The van der Waals surface area contributed by atoms with Crippen LogP contribution in [0, 0.1) is 18.7 Å². The quantitative estimate of drug-likeness (QED) is 0.929. The number of imidazole rings is 1. The van der Waals surface area contributed by atoms with Gasteiger partial charge in [-0.3, -0.25) is 4.90 Å². The van der Waals surface area contributed by atoms with Crippen molar-refractivity contribution in [1.29, 1.82) is 0 Å². The summed E-state index contributed by atoms with van der Waals surface area (Å²) in [4.78, 5) is 9.85. The van der Waals surface area contributed by atoms with Crippen LogP contribution in [0.2, 0.25) is 0 Å². The fourth-order valence-electron chi connectivity index (χ4n) is 2.99. The van der Waals surface area contributed by atoms with Crippen LogP contribution in [0.3, 0.4) is 0 Å². The van der Waals surface area contributed by atoms with Gasteiger partial charge in [0.1, 0.15) is 11.6 Å². The average Bonchev–Trinajstić information content (AvgIpc) is 3.07. The second-order valence-electron chi connectivity index (χ2n) is 5.71. The van der Waals surface area contributed by atoms with E-state index in [1.807, 2.05) is 25.3 Å². The number of nitrogens with one attached hydrogen (secondary N) is 1. The van der Waals surface area contributed by atoms with Crippen LogP contribution in [-0.4, -0.2) is 28.0 Å². The highest BCUT2D eigenvalue weighted by atomic mass is 19.1. The molecule has 0 amide bonds. The first-order valence-electron chi connectivity index (χ1n) is 7.16. The number of benzene rings is 1. The van der Waals surface area contributed by atoms with Gasteiger partial charge in [-0.25, -0.2) is 9.37 Å². The van der Waals surface area contributed by atoms with E-state index in [0.29, 0.717) is 5.92 Å². The number of aromatic nitrogens is 2. The standard InChI is InChI=1S/C16H20FN3/c1-12-8-13(2-3-15(12)17)9-14-4-7-20(10-14)11-16-18-5-6-19-16/h2-3,5-6,8,14H,4,7,9-11H2,1H3,(H,18,19). The van der Waals surface area contributed by atoms with E-state index in [1.165, 1.54) is 12.0 Å². The van der Waals surface area contributed by atoms with Crippen molar-refractivity contribution in [2.24, 2.45) is 5.92 Å². The molecule has 4 heteroatoms. The minimum atomic E-state index is -0.111. The monoisotopic (exact) mass is 273 g/mol. The molecule has 106 valence electrons. The van der Waals surface area contributed by atoms with Gasteiger partial charge in [0.05, 0.1) is 6.54 Å². The van der Waals surface area contributed by atoms with E-state index in [2.05, 4.69) is 14.9 Å². The Bertz CT molecular complexity index is 565. The molecule has 2 heterocycles. The lowest BCUT2D eigenvalue weighted by molar-refractivity contribution is 0.309. The smallest absolute Gasteiger partial charge is 0.126 e. The molecule has 1 N–H and O–H groups in total. The highest BCUT2D eigenvalue weighted by molar-refractivity contribution is 5.24. The Hall–Kier alpha value is -1.68. The maximum atomic E-state index is 13.3. The SMILES string of the molecule is Cc1cc(CC2CCN(Cc3ncc[nH]3)C2)ccc1F. The van der Waals surface area contributed by atoms with Crippen molar-refractivity contribution < 1.29 is 4.39 Å². The number of hydrogen-bond acceptors (Lipinski definition) is 2. The highest BCUT2D eigenvalue weighted by Gasteiger charge is 2.23. The van der Waals surface area contributed by atoms with Gasteiger partial charge in [-0.05, 0) is 49.4 Å². The van der Waals surface area contributed by atoms with E-state index in [1.54, 1.807) is 12.3 Å². The molecule has 1 aromatic carbocycles. The number of likely N-dealkylation sites (tertiary alicyclic amines) is 1. The second kappa shape index (κ2) is 5.75. The number of hydrogen-bond donors (Lipinski definition) is 1. The Morgan fingerprint density at radius 1 is 1.45 bits per heavy atom. The zero-order valence-electron chi connectivity index (χ0n) is 11.8. The van der Waals surface area contributed by atoms with Crippen LogP contribution in [-0.2, 0) is 13.0 Å². The largest absolute Gasteiger partial charge is 0.348 e. The molecule has 3 nitrogen and oxygen atoms in total. The van der Waals surface area contributed by atoms with Crippen LogP contribution >= 0.6 is 0 Å². The molecule has 1 saturated heterocycles. The summed E-state index contributed by atoms with van der Waals surface area (Å²) >= 11 is 0. The number of halogens is 1. The molecule has 0 aliphatic carbocycles. The topological polar surface area (TPSA) is 31.9 Å². The van der Waals surface area contributed by atoms with Crippen molar-refractivity contribution in [2.45, 2.75) is 26.3 Å². The van der Waals surface area contributed by atoms with Gasteiger partial charge in [-0.2, -0.15) is 0 Å². The zero-order chi connectivity index (χ0) is 13.9. The van der Waals surface area contributed by atoms with E-state index in [4.69, 9.17) is 0 Å². The molecule has 0 saturated carbocycles. The molecule has 1 aliphatic heterocycles. The van der Waals surface area contributed by atoms with Gasteiger partial charge in [0.2, 0.25) is 0 Å². The van der Waals surface area contributed by atoms with E-state index >= 15 is 0 Å². The van der Waals surface area contributed by atoms with Crippen LogP contribution < -0.4 is 0 Å². The molecule has 1 atom stereocenters. The molecule has 0 bridgehead atoms. The Labute approximate surface area is 118 Å². The summed E-state index contributed by atoms with van der Waals surface area (Å²) in [5.74, 6) is 1.58. The molecule has 1 aromatic heterocycles. The maximum Gasteiger partial charge on any atom is 0.126 e. The van der Waals surface area contributed by atoms with Crippen molar-refractivity contribution in [1.82, 2.24) is 14.9 Å². The Balaban J connectivity index is 1.56. The van der Waals surface area contributed by atoms with Crippen LogP contribution in [0.25, 0.3) is 0 Å². The molecule has 3 rings (SSSR count). The van der Waals surface area contributed by atoms with Crippen LogP contribution in [0.15, 0.2) is 30.6 Å². The van der Waals surface area contributed by atoms with Crippen molar-refractivity contribution in [2.75, 3.05) is 13.1 Å². The molecule has 0 spiro atoms. The summed E-state index contributed by atoms with van der Waals surface area (Å²) in [7, 11) is 0. The van der Waals surface area contributed by atoms with Gasteiger partial charge >= 0.3 is 0 Å². The van der Waals surface area contributed by atoms with Gasteiger partial charge < -0.3 is 4.98 Å². The Morgan fingerprint density at radius 3 is 3.10 bits per heavy atom. The first kappa shape index (κ1) is 13.3. The number of aromatic amines is 1. The number of rotatable bonds is 4. The number of H-pyrrole nitrogens is 1. The molecule has 0 radical (unpaired) electrons. The third-order valence-corrected chi connectivity index (χ3v) is 4.04. The number of nitrogens with zero attached hydrogens (tertiary/aromatic N) is 2.